The minimum Gasteiger partial charge on any atom is -0.376 e. The van der Waals surface area contributed by atoms with Crippen molar-refractivity contribution in [3.8, 4) is 33.4 Å². The third-order valence-corrected chi connectivity index (χ3v) is 13.4. The molecule has 3 heteroatoms. The van der Waals surface area contributed by atoms with Crippen molar-refractivity contribution in [2.24, 2.45) is 0 Å². The number of nitrogens with zero attached hydrogens (tertiary/aromatic N) is 2. The van der Waals surface area contributed by atoms with Crippen molar-refractivity contribution in [1.82, 2.24) is 0 Å². The Morgan fingerprint density at radius 1 is 0.418 bits per heavy atom. The monoisotopic (exact) mass is 702 g/mol. The molecular formula is C52H39BN2. The minimum absolute atomic E-state index is 0.0419. The van der Waals surface area contributed by atoms with Crippen molar-refractivity contribution >= 4 is 57.0 Å². The highest BCUT2D eigenvalue weighted by atomic mass is 15.2. The lowest BCUT2D eigenvalue weighted by molar-refractivity contribution is 0.633. The first-order valence-corrected chi connectivity index (χ1v) is 19.6. The highest BCUT2D eigenvalue weighted by molar-refractivity contribution is 6.93. The van der Waals surface area contributed by atoms with Crippen LogP contribution in [-0.4, -0.2) is 6.85 Å². The predicted octanol–water partition coefficient (Wildman–Crippen LogP) is 12.2. The van der Waals surface area contributed by atoms with Gasteiger partial charge in [-0.15, -0.1) is 0 Å². The van der Waals surface area contributed by atoms with Crippen molar-refractivity contribution in [3.05, 3.63) is 186 Å². The summed E-state index contributed by atoms with van der Waals surface area (Å²) in [6.45, 7) is 9.64. The highest BCUT2D eigenvalue weighted by Gasteiger charge is 2.50. The summed E-state index contributed by atoms with van der Waals surface area (Å²) in [6.07, 6.45) is 0. The maximum absolute atomic E-state index is 2.73. The molecule has 0 fully saturated rings. The number of hydrogen-bond donors (Lipinski definition) is 0. The fraction of sp³-hybridized carbons (Fsp3) is 0.115. The second kappa shape index (κ2) is 10.7. The Bertz CT molecular complexity index is 2960. The van der Waals surface area contributed by atoms with Gasteiger partial charge in [0.15, 0.2) is 0 Å². The summed E-state index contributed by atoms with van der Waals surface area (Å²) in [5, 5.41) is 2.56. The lowest BCUT2D eigenvalue weighted by atomic mass is 9.42. The zero-order valence-electron chi connectivity index (χ0n) is 31.6. The van der Waals surface area contributed by atoms with E-state index in [0.29, 0.717) is 0 Å². The van der Waals surface area contributed by atoms with Crippen LogP contribution in [0.5, 0.6) is 0 Å². The number of para-hydroxylation sites is 1. The SMILES string of the molecule is CC1(C)c2cc3ccccc3cc2N2c3cccc4c3B(c3cccc1c32)N(c1cccc2c1C(C)(C)c1ccccc1-2)c1cc(-c2ccccc2)ccc1-4. The molecule has 3 heterocycles. The Morgan fingerprint density at radius 3 is 1.93 bits per heavy atom. The van der Waals surface area contributed by atoms with Gasteiger partial charge in [0.2, 0.25) is 0 Å². The van der Waals surface area contributed by atoms with Gasteiger partial charge < -0.3 is 9.71 Å². The molecular weight excluding hydrogens is 663 g/mol. The second-order valence-electron chi connectivity index (χ2n) is 16.9. The van der Waals surface area contributed by atoms with Crippen LogP contribution in [-0.2, 0) is 10.8 Å². The van der Waals surface area contributed by atoms with Gasteiger partial charge in [-0.25, -0.2) is 0 Å². The molecule has 4 aliphatic rings. The summed E-state index contributed by atoms with van der Waals surface area (Å²) in [6, 6.07) is 61.9. The first-order valence-electron chi connectivity index (χ1n) is 19.6. The third kappa shape index (κ3) is 3.95. The summed E-state index contributed by atoms with van der Waals surface area (Å²) in [4.78, 5) is 5.35. The molecule has 55 heavy (non-hydrogen) atoms. The molecule has 0 bridgehead atoms. The van der Waals surface area contributed by atoms with Gasteiger partial charge in [0.1, 0.15) is 0 Å². The van der Waals surface area contributed by atoms with E-state index < -0.39 is 0 Å². The average Bonchev–Trinajstić information content (AvgIpc) is 3.46. The number of benzene rings is 8. The molecule has 2 nitrogen and oxygen atoms in total. The molecule has 0 unspecified atom stereocenters. The summed E-state index contributed by atoms with van der Waals surface area (Å²) in [5.74, 6) is 0. The van der Waals surface area contributed by atoms with Crippen LogP contribution < -0.4 is 20.6 Å². The smallest absolute Gasteiger partial charge is 0.333 e. The lowest BCUT2D eigenvalue weighted by Crippen LogP contribution is -2.62. The van der Waals surface area contributed by atoms with Crippen LogP contribution in [0.25, 0.3) is 44.2 Å². The molecule has 0 saturated heterocycles. The zero-order valence-corrected chi connectivity index (χ0v) is 31.6. The largest absolute Gasteiger partial charge is 0.376 e. The normalized spacial score (nSPS) is 15.8. The van der Waals surface area contributed by atoms with Crippen LogP contribution in [0.2, 0.25) is 0 Å². The fourth-order valence-electron chi connectivity index (χ4n) is 10.9. The Balaban J connectivity index is 1.20. The Labute approximate surface area is 323 Å². The Hall–Kier alpha value is -6.32. The van der Waals surface area contributed by atoms with Crippen molar-refractivity contribution in [3.63, 3.8) is 0 Å². The highest BCUT2D eigenvalue weighted by Crippen LogP contribution is 2.58. The van der Waals surface area contributed by atoms with E-state index in [9.17, 15) is 0 Å². The number of rotatable bonds is 2. The minimum atomic E-state index is -0.203. The first kappa shape index (κ1) is 31.1. The van der Waals surface area contributed by atoms with Crippen molar-refractivity contribution in [1.29, 1.82) is 0 Å². The fourth-order valence-corrected chi connectivity index (χ4v) is 10.9. The van der Waals surface area contributed by atoms with Gasteiger partial charge in [0.25, 0.3) is 0 Å². The maximum Gasteiger partial charge on any atom is 0.333 e. The van der Waals surface area contributed by atoms with E-state index in [2.05, 4.69) is 201 Å². The number of hydrogen-bond acceptors (Lipinski definition) is 2. The molecule has 0 atom stereocenters. The van der Waals surface area contributed by atoms with Gasteiger partial charge in [-0.1, -0.05) is 161 Å². The zero-order chi connectivity index (χ0) is 36.8. The summed E-state index contributed by atoms with van der Waals surface area (Å²) in [5.41, 5.74) is 22.0. The molecule has 8 aromatic carbocycles. The molecule has 260 valence electrons. The van der Waals surface area contributed by atoms with Crippen molar-refractivity contribution < 1.29 is 0 Å². The molecule has 0 N–H and O–H groups in total. The molecule has 0 spiro atoms. The molecule has 0 radical (unpaired) electrons. The predicted molar refractivity (Wildman–Crippen MR) is 233 cm³/mol. The van der Waals surface area contributed by atoms with Crippen LogP contribution >= 0.6 is 0 Å². The number of fused-ring (bicyclic) bond motifs is 10. The maximum atomic E-state index is 2.73. The topological polar surface area (TPSA) is 6.48 Å². The van der Waals surface area contributed by atoms with Gasteiger partial charge >= 0.3 is 6.85 Å². The number of anilines is 5. The quantitative estimate of drug-likeness (QED) is 0.166. The van der Waals surface area contributed by atoms with Crippen LogP contribution in [0.3, 0.4) is 0 Å². The molecule has 8 aromatic rings. The van der Waals surface area contributed by atoms with E-state index in [4.69, 9.17) is 0 Å². The molecule has 12 rings (SSSR count). The van der Waals surface area contributed by atoms with E-state index in [1.165, 1.54) is 106 Å². The summed E-state index contributed by atoms with van der Waals surface area (Å²) in [7, 11) is 0. The van der Waals surface area contributed by atoms with Gasteiger partial charge in [-0.3, -0.25) is 0 Å². The van der Waals surface area contributed by atoms with Gasteiger partial charge in [-0.05, 0) is 102 Å². The van der Waals surface area contributed by atoms with E-state index in [-0.39, 0.29) is 17.7 Å². The van der Waals surface area contributed by atoms with E-state index >= 15 is 0 Å². The Kier molecular flexibility index (Phi) is 6.03. The van der Waals surface area contributed by atoms with Crippen molar-refractivity contribution in [2.75, 3.05) is 9.71 Å². The van der Waals surface area contributed by atoms with Crippen LogP contribution in [0.15, 0.2) is 164 Å². The molecule has 1 aliphatic carbocycles. The van der Waals surface area contributed by atoms with Gasteiger partial charge in [-0.2, -0.15) is 0 Å². The van der Waals surface area contributed by atoms with E-state index in [1.54, 1.807) is 0 Å². The summed E-state index contributed by atoms with van der Waals surface area (Å²) < 4.78 is 0. The van der Waals surface area contributed by atoms with E-state index in [1.807, 2.05) is 0 Å². The van der Waals surface area contributed by atoms with E-state index in [0.717, 1.165) is 0 Å². The Morgan fingerprint density at radius 2 is 1.09 bits per heavy atom. The molecule has 3 aliphatic heterocycles. The molecule has 0 amide bonds. The lowest BCUT2D eigenvalue weighted by Gasteiger charge is -2.51. The second-order valence-corrected chi connectivity index (χ2v) is 16.9. The first-order chi connectivity index (χ1) is 26.8. The van der Waals surface area contributed by atoms with Crippen molar-refractivity contribution in [2.45, 2.75) is 38.5 Å². The van der Waals surface area contributed by atoms with Crippen LogP contribution in [0.1, 0.15) is 49.9 Å². The van der Waals surface area contributed by atoms with Gasteiger partial charge in [0.05, 0.1) is 5.69 Å². The molecule has 0 saturated carbocycles. The van der Waals surface area contributed by atoms with Crippen LogP contribution in [0.4, 0.5) is 28.4 Å². The van der Waals surface area contributed by atoms with Crippen LogP contribution in [0, 0.1) is 0 Å². The third-order valence-electron chi connectivity index (χ3n) is 13.4. The molecule has 0 aromatic heterocycles. The van der Waals surface area contributed by atoms with Gasteiger partial charge in [0, 0.05) is 39.1 Å². The summed E-state index contributed by atoms with van der Waals surface area (Å²) >= 11 is 0. The average molecular weight is 703 g/mol. The standard InChI is InChI=1S/C52H39BN2/c1-51(2)41-23-14-24-43-50(41)54(47-31-34-18-9-8-17-33(34)29-42(47)51)45-26-13-21-39-37-28-27-35(32-15-6-5-7-16-32)30-46(37)55(53(43)49(39)45)44-25-12-20-38-36-19-10-11-22-40(36)52(3,4)48(38)44/h5-31H,1-4H3.